The van der Waals surface area contributed by atoms with Gasteiger partial charge in [-0.25, -0.2) is 0 Å². The van der Waals surface area contributed by atoms with Crippen LogP contribution in [-0.4, -0.2) is 45.8 Å². The number of hydrogen-bond acceptors (Lipinski definition) is 4. The van der Waals surface area contributed by atoms with Crippen molar-refractivity contribution < 1.29 is 9.47 Å². The van der Waals surface area contributed by atoms with Crippen molar-refractivity contribution in [3.63, 3.8) is 0 Å². The van der Waals surface area contributed by atoms with Crippen molar-refractivity contribution in [3.8, 4) is 11.5 Å². The SMILES string of the molecule is CCN(CC)CCC(NC)c1cc(OC)cc(OC)c1. The summed E-state index contributed by atoms with van der Waals surface area (Å²) in [5, 5.41) is 3.39. The fourth-order valence-corrected chi connectivity index (χ4v) is 2.36. The number of methoxy groups -OCH3 is 2. The van der Waals surface area contributed by atoms with E-state index in [1.807, 2.05) is 13.1 Å². The van der Waals surface area contributed by atoms with E-state index in [-0.39, 0.29) is 0 Å². The van der Waals surface area contributed by atoms with Crippen LogP contribution in [0.25, 0.3) is 0 Å². The maximum absolute atomic E-state index is 5.34. The first-order chi connectivity index (χ1) is 9.68. The topological polar surface area (TPSA) is 33.7 Å². The van der Waals surface area contributed by atoms with E-state index < -0.39 is 0 Å². The molecule has 0 aromatic heterocycles. The van der Waals surface area contributed by atoms with E-state index in [0.29, 0.717) is 6.04 Å². The van der Waals surface area contributed by atoms with Gasteiger partial charge >= 0.3 is 0 Å². The monoisotopic (exact) mass is 280 g/mol. The number of benzene rings is 1. The van der Waals surface area contributed by atoms with E-state index in [2.05, 4.69) is 36.2 Å². The van der Waals surface area contributed by atoms with Crippen molar-refractivity contribution in [1.82, 2.24) is 10.2 Å². The lowest BCUT2D eigenvalue weighted by molar-refractivity contribution is 0.284. The van der Waals surface area contributed by atoms with Crippen molar-refractivity contribution >= 4 is 0 Å². The molecular formula is C16H28N2O2. The van der Waals surface area contributed by atoms with E-state index in [9.17, 15) is 0 Å². The van der Waals surface area contributed by atoms with Gasteiger partial charge in [0.2, 0.25) is 0 Å². The molecule has 0 saturated heterocycles. The van der Waals surface area contributed by atoms with Gasteiger partial charge in [0.25, 0.3) is 0 Å². The number of nitrogens with zero attached hydrogens (tertiary/aromatic N) is 1. The Kier molecular flexibility index (Phi) is 7.41. The molecule has 0 radical (unpaired) electrons. The lowest BCUT2D eigenvalue weighted by Gasteiger charge is -2.23. The van der Waals surface area contributed by atoms with Gasteiger partial charge in [-0.2, -0.15) is 0 Å². The van der Waals surface area contributed by atoms with Crippen molar-refractivity contribution in [2.45, 2.75) is 26.3 Å². The highest BCUT2D eigenvalue weighted by Crippen LogP contribution is 2.27. The minimum absolute atomic E-state index is 0.305. The summed E-state index contributed by atoms with van der Waals surface area (Å²) in [4.78, 5) is 2.43. The Hall–Kier alpha value is -1.26. The van der Waals surface area contributed by atoms with Crippen molar-refractivity contribution in [2.75, 3.05) is 40.9 Å². The Morgan fingerprint density at radius 3 is 2.00 bits per heavy atom. The first-order valence-corrected chi connectivity index (χ1v) is 7.31. The maximum Gasteiger partial charge on any atom is 0.122 e. The molecule has 1 N–H and O–H groups in total. The zero-order chi connectivity index (χ0) is 15.0. The number of hydrogen-bond donors (Lipinski definition) is 1. The van der Waals surface area contributed by atoms with Gasteiger partial charge in [-0.3, -0.25) is 0 Å². The molecule has 1 aromatic rings. The second kappa shape index (κ2) is 8.82. The Labute approximate surface area is 123 Å². The third-order valence-corrected chi connectivity index (χ3v) is 3.75. The number of nitrogens with one attached hydrogen (secondary N) is 1. The highest BCUT2D eigenvalue weighted by molar-refractivity contribution is 5.39. The molecule has 4 nitrogen and oxygen atoms in total. The Balaban J connectivity index is 2.82. The summed E-state index contributed by atoms with van der Waals surface area (Å²) in [7, 11) is 5.37. The Morgan fingerprint density at radius 2 is 1.60 bits per heavy atom. The molecule has 0 aliphatic heterocycles. The quantitative estimate of drug-likeness (QED) is 0.754. The van der Waals surface area contributed by atoms with Gasteiger partial charge in [-0.05, 0) is 50.8 Å². The smallest absolute Gasteiger partial charge is 0.122 e. The summed E-state index contributed by atoms with van der Waals surface area (Å²) >= 11 is 0. The van der Waals surface area contributed by atoms with E-state index in [1.54, 1.807) is 14.2 Å². The van der Waals surface area contributed by atoms with Crippen LogP contribution in [0.3, 0.4) is 0 Å². The molecule has 0 bridgehead atoms. The summed E-state index contributed by atoms with van der Waals surface area (Å²) in [6.45, 7) is 7.67. The summed E-state index contributed by atoms with van der Waals surface area (Å²) in [6.07, 6.45) is 1.06. The molecule has 0 heterocycles. The molecule has 1 unspecified atom stereocenters. The molecule has 1 aromatic carbocycles. The predicted octanol–water partition coefficient (Wildman–Crippen LogP) is 2.70. The van der Waals surface area contributed by atoms with E-state index >= 15 is 0 Å². The lowest BCUT2D eigenvalue weighted by Crippen LogP contribution is -2.28. The molecule has 4 heteroatoms. The fraction of sp³-hybridized carbons (Fsp3) is 0.625. The van der Waals surface area contributed by atoms with Gasteiger partial charge < -0.3 is 19.7 Å². The Morgan fingerprint density at radius 1 is 1.05 bits per heavy atom. The van der Waals surface area contributed by atoms with Crippen molar-refractivity contribution in [3.05, 3.63) is 23.8 Å². The summed E-state index contributed by atoms with van der Waals surface area (Å²) < 4.78 is 10.7. The van der Waals surface area contributed by atoms with Crippen molar-refractivity contribution in [2.24, 2.45) is 0 Å². The van der Waals surface area contributed by atoms with Gasteiger partial charge in [0, 0.05) is 12.1 Å². The van der Waals surface area contributed by atoms with Crippen LogP contribution in [0.5, 0.6) is 11.5 Å². The number of ether oxygens (including phenoxy) is 2. The van der Waals surface area contributed by atoms with Crippen LogP contribution in [0.4, 0.5) is 0 Å². The van der Waals surface area contributed by atoms with Gasteiger partial charge in [0.15, 0.2) is 0 Å². The van der Waals surface area contributed by atoms with Crippen LogP contribution in [0.1, 0.15) is 31.9 Å². The molecule has 0 aliphatic carbocycles. The molecule has 114 valence electrons. The predicted molar refractivity (Wildman–Crippen MR) is 83.8 cm³/mol. The molecule has 0 amide bonds. The van der Waals surface area contributed by atoms with Crippen LogP contribution in [0.15, 0.2) is 18.2 Å². The van der Waals surface area contributed by atoms with Crippen LogP contribution < -0.4 is 14.8 Å². The van der Waals surface area contributed by atoms with E-state index in [4.69, 9.17) is 9.47 Å². The summed E-state index contributed by atoms with van der Waals surface area (Å²) in [5.74, 6) is 1.67. The third kappa shape index (κ3) is 4.69. The van der Waals surface area contributed by atoms with Gasteiger partial charge in [-0.1, -0.05) is 13.8 Å². The maximum atomic E-state index is 5.34. The van der Waals surface area contributed by atoms with Crippen LogP contribution in [0.2, 0.25) is 0 Å². The second-order valence-electron chi connectivity index (χ2n) is 4.80. The number of rotatable bonds is 9. The molecule has 20 heavy (non-hydrogen) atoms. The van der Waals surface area contributed by atoms with Crippen LogP contribution in [-0.2, 0) is 0 Å². The molecule has 0 saturated carbocycles. The fourth-order valence-electron chi connectivity index (χ4n) is 2.36. The second-order valence-corrected chi connectivity index (χ2v) is 4.80. The first-order valence-electron chi connectivity index (χ1n) is 7.31. The highest BCUT2D eigenvalue weighted by atomic mass is 16.5. The Bertz CT molecular complexity index is 370. The van der Waals surface area contributed by atoms with E-state index in [1.165, 1.54) is 5.56 Å². The van der Waals surface area contributed by atoms with E-state index in [0.717, 1.165) is 37.6 Å². The van der Waals surface area contributed by atoms with Gasteiger partial charge in [-0.15, -0.1) is 0 Å². The molecular weight excluding hydrogens is 252 g/mol. The highest BCUT2D eigenvalue weighted by Gasteiger charge is 2.13. The normalized spacial score (nSPS) is 12.5. The van der Waals surface area contributed by atoms with Crippen LogP contribution in [0, 0.1) is 0 Å². The van der Waals surface area contributed by atoms with Gasteiger partial charge in [0.05, 0.1) is 14.2 Å². The zero-order valence-electron chi connectivity index (χ0n) is 13.4. The van der Waals surface area contributed by atoms with Crippen molar-refractivity contribution in [1.29, 1.82) is 0 Å². The largest absolute Gasteiger partial charge is 0.497 e. The lowest BCUT2D eigenvalue weighted by atomic mass is 10.0. The minimum Gasteiger partial charge on any atom is -0.497 e. The molecule has 0 aliphatic rings. The van der Waals surface area contributed by atoms with Crippen LogP contribution >= 0.6 is 0 Å². The molecule has 1 rings (SSSR count). The zero-order valence-corrected chi connectivity index (χ0v) is 13.4. The van der Waals surface area contributed by atoms with Gasteiger partial charge in [0.1, 0.15) is 11.5 Å². The molecule has 0 fully saturated rings. The summed E-state index contributed by atoms with van der Waals surface area (Å²) in [5.41, 5.74) is 1.20. The minimum atomic E-state index is 0.305. The summed E-state index contributed by atoms with van der Waals surface area (Å²) in [6, 6.07) is 6.36. The molecule has 1 atom stereocenters. The standard InChI is InChI=1S/C16H28N2O2/c1-6-18(7-2)9-8-16(17-3)13-10-14(19-4)12-15(11-13)20-5/h10-12,16-17H,6-9H2,1-5H3. The molecule has 0 spiro atoms. The average Bonchev–Trinajstić information content (AvgIpc) is 2.51. The average molecular weight is 280 g/mol. The third-order valence-electron chi connectivity index (χ3n) is 3.75. The first kappa shape index (κ1) is 16.8.